The van der Waals surface area contributed by atoms with Crippen molar-refractivity contribution in [2.75, 3.05) is 6.61 Å². The molecule has 1 unspecified atom stereocenters. The van der Waals surface area contributed by atoms with E-state index in [1.165, 1.54) is 19.3 Å². The lowest BCUT2D eigenvalue weighted by Gasteiger charge is -2.23. The summed E-state index contributed by atoms with van der Waals surface area (Å²) >= 11 is 0. The highest BCUT2D eigenvalue weighted by molar-refractivity contribution is 6.80. The van der Waals surface area contributed by atoms with Crippen molar-refractivity contribution in [3.05, 3.63) is 0 Å². The molecule has 0 aliphatic rings. The minimum atomic E-state index is -1.37. The number of carbonyl (C=O) groups excluding carboxylic acids is 1. The van der Waals surface area contributed by atoms with E-state index < -0.39 is 8.07 Å². The zero-order chi connectivity index (χ0) is 11.9. The largest absolute Gasteiger partial charge is 0.466 e. The van der Waals surface area contributed by atoms with E-state index in [2.05, 4.69) is 26.6 Å². The van der Waals surface area contributed by atoms with Crippen LogP contribution in [0.25, 0.3) is 0 Å². The third-order valence-electron chi connectivity index (χ3n) is 2.89. The Morgan fingerprint density at radius 3 is 2.27 bits per heavy atom. The van der Waals surface area contributed by atoms with E-state index in [9.17, 15) is 4.79 Å². The van der Waals surface area contributed by atoms with E-state index in [-0.39, 0.29) is 11.5 Å². The van der Waals surface area contributed by atoms with Gasteiger partial charge in [0.15, 0.2) is 0 Å². The minimum Gasteiger partial charge on any atom is -0.466 e. The molecule has 0 aliphatic heterocycles. The molecule has 0 saturated carbocycles. The monoisotopic (exact) mass is 230 g/mol. The highest BCUT2D eigenvalue weighted by Gasteiger charge is 2.29. The molecule has 1 atom stereocenters. The molecule has 0 radical (unpaired) electrons. The van der Waals surface area contributed by atoms with E-state index in [0.717, 1.165) is 6.42 Å². The third-order valence-corrected chi connectivity index (χ3v) is 5.73. The lowest BCUT2D eigenvalue weighted by molar-refractivity contribution is -0.143. The molecule has 0 aromatic rings. The van der Waals surface area contributed by atoms with Crippen LogP contribution in [0, 0.1) is 0 Å². The van der Waals surface area contributed by atoms with Crippen molar-refractivity contribution in [3.8, 4) is 0 Å². The van der Waals surface area contributed by atoms with Crippen molar-refractivity contribution in [2.45, 2.75) is 64.7 Å². The maximum absolute atomic E-state index is 11.6. The average molecular weight is 230 g/mol. The summed E-state index contributed by atoms with van der Waals surface area (Å²) in [7, 11) is -1.37. The van der Waals surface area contributed by atoms with Gasteiger partial charge in [0.05, 0.1) is 14.7 Å². The first-order valence-electron chi connectivity index (χ1n) is 6.06. The Morgan fingerprint density at radius 2 is 1.80 bits per heavy atom. The summed E-state index contributed by atoms with van der Waals surface area (Å²) in [5.41, 5.74) is 0.115. The Bertz CT molecular complexity index is 185. The van der Waals surface area contributed by atoms with Gasteiger partial charge >= 0.3 is 5.97 Å². The fraction of sp³-hybridized carbons (Fsp3) is 0.917. The summed E-state index contributed by atoms with van der Waals surface area (Å²) in [6.07, 6.45) is 4.64. The molecular weight excluding hydrogens is 204 g/mol. The van der Waals surface area contributed by atoms with Crippen LogP contribution < -0.4 is 0 Å². The Balaban J connectivity index is 3.66. The van der Waals surface area contributed by atoms with Gasteiger partial charge in [-0.1, -0.05) is 52.8 Å². The molecule has 0 spiro atoms. The summed E-state index contributed by atoms with van der Waals surface area (Å²) in [5, 5.41) is 0. The van der Waals surface area contributed by atoms with Crippen LogP contribution in [-0.2, 0) is 9.53 Å². The predicted molar refractivity (Wildman–Crippen MR) is 67.9 cm³/mol. The van der Waals surface area contributed by atoms with Gasteiger partial charge in [-0.05, 0) is 6.42 Å². The maximum Gasteiger partial charge on any atom is 0.305 e. The highest BCUT2D eigenvalue weighted by Crippen LogP contribution is 2.22. The van der Waals surface area contributed by atoms with Gasteiger partial charge in [-0.2, -0.15) is 0 Å². The number of rotatable bonds is 7. The summed E-state index contributed by atoms with van der Waals surface area (Å²) in [6, 6.07) is 0. The minimum absolute atomic E-state index is 0.00525. The van der Waals surface area contributed by atoms with Crippen LogP contribution >= 0.6 is 0 Å². The third kappa shape index (κ3) is 6.71. The summed E-state index contributed by atoms with van der Waals surface area (Å²) in [6.45, 7) is 11.4. The van der Waals surface area contributed by atoms with Gasteiger partial charge in [0, 0.05) is 5.54 Å². The molecular formula is C12H26O2Si. The van der Waals surface area contributed by atoms with Gasteiger partial charge < -0.3 is 4.74 Å². The maximum atomic E-state index is 11.6. The zero-order valence-electron chi connectivity index (χ0n) is 10.9. The fourth-order valence-electron chi connectivity index (χ4n) is 1.18. The Labute approximate surface area is 95.4 Å². The van der Waals surface area contributed by atoms with Gasteiger partial charge in [-0.25, -0.2) is 0 Å². The van der Waals surface area contributed by atoms with E-state index in [0.29, 0.717) is 6.61 Å². The zero-order valence-corrected chi connectivity index (χ0v) is 11.9. The first-order valence-corrected chi connectivity index (χ1v) is 9.64. The average Bonchev–Trinajstić information content (AvgIpc) is 2.14. The number of hydrogen-bond donors (Lipinski definition) is 0. The molecule has 3 heteroatoms. The van der Waals surface area contributed by atoms with Crippen molar-refractivity contribution in [1.29, 1.82) is 0 Å². The second kappa shape index (κ2) is 7.04. The highest BCUT2D eigenvalue weighted by atomic mass is 28.3. The summed E-state index contributed by atoms with van der Waals surface area (Å²) in [4.78, 5) is 11.6. The number of carbonyl (C=O) groups is 1. The lowest BCUT2D eigenvalue weighted by atomic mass is 10.2. The Morgan fingerprint density at radius 1 is 1.20 bits per heavy atom. The molecule has 0 aromatic carbocycles. The summed E-state index contributed by atoms with van der Waals surface area (Å²) < 4.78 is 5.27. The Hall–Kier alpha value is -0.313. The van der Waals surface area contributed by atoms with Gasteiger partial charge in [0.25, 0.3) is 0 Å². The van der Waals surface area contributed by atoms with Crippen LogP contribution in [0.3, 0.4) is 0 Å². The molecule has 0 aliphatic carbocycles. The molecule has 0 heterocycles. The molecule has 90 valence electrons. The van der Waals surface area contributed by atoms with E-state index in [1.54, 1.807) is 0 Å². The fourth-order valence-corrected chi connectivity index (χ4v) is 1.97. The standard InChI is InChI=1S/C12H26O2Si/c1-6-7-8-9-10-14-12(13)11(2)15(3,4)5/h11H,6-10H2,1-5H3. The van der Waals surface area contributed by atoms with Crippen molar-refractivity contribution in [2.24, 2.45) is 0 Å². The first-order chi connectivity index (χ1) is 6.89. The molecule has 15 heavy (non-hydrogen) atoms. The Kier molecular flexibility index (Phi) is 6.90. The lowest BCUT2D eigenvalue weighted by Crippen LogP contribution is -2.32. The van der Waals surface area contributed by atoms with Crippen LogP contribution in [0.4, 0.5) is 0 Å². The van der Waals surface area contributed by atoms with E-state index >= 15 is 0 Å². The van der Waals surface area contributed by atoms with Crippen LogP contribution in [0.2, 0.25) is 25.2 Å². The topological polar surface area (TPSA) is 26.3 Å². The molecule has 0 rings (SSSR count). The molecule has 0 N–H and O–H groups in total. The van der Waals surface area contributed by atoms with Crippen molar-refractivity contribution in [3.63, 3.8) is 0 Å². The van der Waals surface area contributed by atoms with Gasteiger partial charge in [-0.15, -0.1) is 0 Å². The van der Waals surface area contributed by atoms with E-state index in [4.69, 9.17) is 4.74 Å². The number of hydrogen-bond acceptors (Lipinski definition) is 2. The molecule has 2 nitrogen and oxygen atoms in total. The molecule has 0 fully saturated rings. The molecule has 0 bridgehead atoms. The molecule has 0 aromatic heterocycles. The quantitative estimate of drug-likeness (QED) is 0.377. The number of unbranched alkanes of at least 4 members (excludes halogenated alkanes) is 3. The second-order valence-electron chi connectivity index (χ2n) is 5.32. The van der Waals surface area contributed by atoms with Gasteiger partial charge in [0.2, 0.25) is 0 Å². The molecule has 0 amide bonds. The SMILES string of the molecule is CCCCCCOC(=O)C(C)[Si](C)(C)C. The molecule has 0 saturated heterocycles. The van der Waals surface area contributed by atoms with Crippen molar-refractivity contribution in [1.82, 2.24) is 0 Å². The summed E-state index contributed by atoms with van der Waals surface area (Å²) in [5.74, 6) is 0.00525. The van der Waals surface area contributed by atoms with Gasteiger partial charge in [-0.3, -0.25) is 4.79 Å². The van der Waals surface area contributed by atoms with Crippen LogP contribution in [0.1, 0.15) is 39.5 Å². The van der Waals surface area contributed by atoms with Crippen LogP contribution in [0.15, 0.2) is 0 Å². The van der Waals surface area contributed by atoms with E-state index in [1.807, 2.05) is 6.92 Å². The first kappa shape index (κ1) is 14.7. The van der Waals surface area contributed by atoms with Gasteiger partial charge in [0.1, 0.15) is 0 Å². The van der Waals surface area contributed by atoms with Crippen LogP contribution in [-0.4, -0.2) is 20.7 Å². The van der Waals surface area contributed by atoms with Crippen LogP contribution in [0.5, 0.6) is 0 Å². The number of esters is 1. The predicted octanol–water partition coefficient (Wildman–Crippen LogP) is 3.84. The second-order valence-corrected chi connectivity index (χ2v) is 10.9. The smallest absolute Gasteiger partial charge is 0.305 e. The van der Waals surface area contributed by atoms with Crippen molar-refractivity contribution < 1.29 is 9.53 Å². The van der Waals surface area contributed by atoms with Crippen molar-refractivity contribution >= 4 is 14.0 Å². The normalized spacial score (nSPS) is 13.7. The number of ether oxygens (including phenoxy) is 1.